The van der Waals surface area contributed by atoms with Crippen LogP contribution in [-0.2, 0) is 9.53 Å². The zero-order valence-electron chi connectivity index (χ0n) is 18.1. The second-order valence-corrected chi connectivity index (χ2v) is 7.87. The fourth-order valence-electron chi connectivity index (χ4n) is 3.99. The first kappa shape index (κ1) is 21.6. The van der Waals surface area contributed by atoms with Crippen LogP contribution in [0, 0.1) is 6.92 Å². The molecule has 2 aromatic rings. The number of hydrogen-bond donors (Lipinski definition) is 2. The van der Waals surface area contributed by atoms with E-state index < -0.39 is 12.0 Å². The first-order valence-electron chi connectivity index (χ1n) is 10.5. The van der Waals surface area contributed by atoms with E-state index in [1.165, 1.54) is 13.4 Å². The highest BCUT2D eigenvalue weighted by atomic mass is 16.5. The Labute approximate surface area is 186 Å². The van der Waals surface area contributed by atoms with Crippen LogP contribution in [0.2, 0.25) is 0 Å². The van der Waals surface area contributed by atoms with E-state index in [1.807, 2.05) is 31.2 Å². The van der Waals surface area contributed by atoms with Gasteiger partial charge in [0.1, 0.15) is 0 Å². The molecule has 1 saturated heterocycles. The Bertz CT molecular complexity index is 1020. The Morgan fingerprint density at radius 1 is 1.12 bits per heavy atom. The van der Waals surface area contributed by atoms with E-state index in [-0.39, 0.29) is 11.9 Å². The van der Waals surface area contributed by atoms with E-state index in [4.69, 9.17) is 9.15 Å². The number of nitrogens with one attached hydrogen (secondary N) is 2. The van der Waals surface area contributed by atoms with E-state index in [0.29, 0.717) is 49.8 Å². The number of nitrogens with zero attached hydrogens (tertiary/aromatic N) is 2. The Kier molecular flexibility index (Phi) is 6.27. The molecule has 0 bridgehead atoms. The van der Waals surface area contributed by atoms with Gasteiger partial charge in [-0.25, -0.2) is 9.59 Å². The number of urea groups is 1. The van der Waals surface area contributed by atoms with E-state index >= 15 is 0 Å². The molecular weight excluding hydrogens is 412 g/mol. The number of esters is 1. The zero-order valence-corrected chi connectivity index (χ0v) is 18.1. The van der Waals surface area contributed by atoms with Crippen molar-refractivity contribution in [2.45, 2.75) is 13.0 Å². The lowest BCUT2D eigenvalue weighted by Crippen LogP contribution is -2.52. The van der Waals surface area contributed by atoms with Gasteiger partial charge in [-0.05, 0) is 24.6 Å². The monoisotopic (exact) mass is 438 g/mol. The van der Waals surface area contributed by atoms with Crippen LogP contribution in [0.1, 0.15) is 27.7 Å². The highest BCUT2D eigenvalue weighted by Crippen LogP contribution is 2.28. The molecule has 2 aliphatic heterocycles. The van der Waals surface area contributed by atoms with Crippen molar-refractivity contribution in [2.75, 3.05) is 39.8 Å². The summed E-state index contributed by atoms with van der Waals surface area (Å²) in [4.78, 5) is 41.4. The van der Waals surface area contributed by atoms with Gasteiger partial charge in [-0.2, -0.15) is 0 Å². The number of ether oxygens (including phenoxy) is 1. The summed E-state index contributed by atoms with van der Waals surface area (Å²) in [5, 5.41) is 5.62. The van der Waals surface area contributed by atoms with Crippen LogP contribution in [0.5, 0.6) is 0 Å². The van der Waals surface area contributed by atoms with Crippen LogP contribution in [0.3, 0.4) is 0 Å². The summed E-state index contributed by atoms with van der Waals surface area (Å²) in [7, 11) is 1.33. The van der Waals surface area contributed by atoms with Crippen LogP contribution in [0.15, 0.2) is 58.3 Å². The zero-order chi connectivity index (χ0) is 22.7. The molecule has 9 heteroatoms. The molecular formula is C23H26N4O5. The number of carbonyl (C=O) groups is 3. The fraction of sp³-hybridized carbons (Fsp3) is 0.348. The molecule has 2 aliphatic rings. The minimum absolute atomic E-state index is 0.140. The van der Waals surface area contributed by atoms with Crippen molar-refractivity contribution in [3.8, 4) is 0 Å². The van der Waals surface area contributed by atoms with Crippen molar-refractivity contribution in [1.29, 1.82) is 0 Å². The SMILES string of the molecule is COC(=O)C1=C(CN2CCN(C(=O)c3ccco3)CC2)NC(=O)N[C@@H]1c1ccc(C)cc1. The van der Waals surface area contributed by atoms with Gasteiger partial charge in [-0.3, -0.25) is 9.69 Å². The van der Waals surface area contributed by atoms with Gasteiger partial charge in [0.05, 0.1) is 25.0 Å². The second-order valence-electron chi connectivity index (χ2n) is 7.87. The maximum Gasteiger partial charge on any atom is 0.338 e. The number of piperazine rings is 1. The maximum atomic E-state index is 12.7. The van der Waals surface area contributed by atoms with Crippen molar-refractivity contribution in [1.82, 2.24) is 20.4 Å². The second kappa shape index (κ2) is 9.27. The Balaban J connectivity index is 1.52. The molecule has 4 rings (SSSR count). The predicted octanol–water partition coefficient (Wildman–Crippen LogP) is 1.83. The molecule has 0 radical (unpaired) electrons. The average Bonchev–Trinajstić information content (AvgIpc) is 3.34. The molecule has 2 N–H and O–H groups in total. The quantitative estimate of drug-likeness (QED) is 0.691. The summed E-state index contributed by atoms with van der Waals surface area (Å²) in [5.41, 5.74) is 2.78. The van der Waals surface area contributed by atoms with Gasteiger partial charge in [0.2, 0.25) is 0 Å². The fourth-order valence-corrected chi connectivity index (χ4v) is 3.99. The average molecular weight is 438 g/mol. The summed E-state index contributed by atoms with van der Waals surface area (Å²) in [6, 6.07) is 10.0. The Hall–Kier alpha value is -3.59. The lowest BCUT2D eigenvalue weighted by atomic mass is 9.94. The third kappa shape index (κ3) is 4.52. The molecule has 168 valence electrons. The third-order valence-electron chi connectivity index (χ3n) is 5.74. The standard InChI is InChI=1S/C23H26N4O5/c1-15-5-7-16(8-6-15)20-19(22(29)31-2)17(24-23(30)25-20)14-26-9-11-27(12-10-26)21(28)18-4-3-13-32-18/h3-8,13,20H,9-12,14H2,1-2H3,(H2,24,25,30)/t20-/m1/s1. The highest BCUT2D eigenvalue weighted by Gasteiger charge is 2.34. The summed E-state index contributed by atoms with van der Waals surface area (Å²) in [5.74, 6) is -0.316. The number of aryl methyl sites for hydroxylation is 1. The number of amides is 3. The summed E-state index contributed by atoms with van der Waals surface area (Å²) >= 11 is 0. The predicted molar refractivity (Wildman–Crippen MR) is 116 cm³/mol. The molecule has 0 unspecified atom stereocenters. The van der Waals surface area contributed by atoms with Gasteiger partial charge in [0.25, 0.3) is 5.91 Å². The lowest BCUT2D eigenvalue weighted by Gasteiger charge is -2.36. The number of carbonyl (C=O) groups excluding carboxylic acids is 3. The summed E-state index contributed by atoms with van der Waals surface area (Å²) in [6.45, 7) is 4.58. The number of furan rings is 1. The molecule has 3 amide bonds. The normalized spacial score (nSPS) is 19.4. The maximum absolute atomic E-state index is 12.7. The molecule has 0 saturated carbocycles. The molecule has 1 aromatic heterocycles. The molecule has 0 spiro atoms. The van der Waals surface area contributed by atoms with Crippen molar-refractivity contribution in [3.63, 3.8) is 0 Å². The number of hydrogen-bond acceptors (Lipinski definition) is 6. The minimum atomic E-state index is -0.603. The van der Waals surface area contributed by atoms with Crippen molar-refractivity contribution >= 4 is 17.9 Å². The molecule has 1 atom stereocenters. The Morgan fingerprint density at radius 2 is 1.84 bits per heavy atom. The van der Waals surface area contributed by atoms with Gasteiger partial charge in [0.15, 0.2) is 5.76 Å². The van der Waals surface area contributed by atoms with Gasteiger partial charge in [-0.1, -0.05) is 29.8 Å². The third-order valence-corrected chi connectivity index (χ3v) is 5.74. The first-order valence-corrected chi connectivity index (χ1v) is 10.5. The van der Waals surface area contributed by atoms with Crippen molar-refractivity contribution in [2.24, 2.45) is 0 Å². The molecule has 1 fully saturated rings. The largest absolute Gasteiger partial charge is 0.466 e. The van der Waals surface area contributed by atoms with Crippen LogP contribution < -0.4 is 10.6 Å². The Morgan fingerprint density at radius 3 is 2.47 bits per heavy atom. The summed E-state index contributed by atoms with van der Waals surface area (Å²) in [6.07, 6.45) is 1.48. The van der Waals surface area contributed by atoms with Crippen LogP contribution in [0.4, 0.5) is 4.79 Å². The van der Waals surface area contributed by atoms with Crippen LogP contribution in [-0.4, -0.2) is 67.5 Å². The molecule has 1 aromatic carbocycles. The number of methoxy groups -OCH3 is 1. The highest BCUT2D eigenvalue weighted by molar-refractivity contribution is 5.95. The van der Waals surface area contributed by atoms with E-state index in [1.54, 1.807) is 17.0 Å². The van der Waals surface area contributed by atoms with E-state index in [2.05, 4.69) is 15.5 Å². The molecule has 32 heavy (non-hydrogen) atoms. The number of rotatable bonds is 5. The van der Waals surface area contributed by atoms with E-state index in [0.717, 1.165) is 11.1 Å². The van der Waals surface area contributed by atoms with Gasteiger partial charge in [-0.15, -0.1) is 0 Å². The smallest absolute Gasteiger partial charge is 0.338 e. The minimum Gasteiger partial charge on any atom is -0.466 e. The summed E-state index contributed by atoms with van der Waals surface area (Å²) < 4.78 is 10.2. The van der Waals surface area contributed by atoms with Gasteiger partial charge >= 0.3 is 12.0 Å². The van der Waals surface area contributed by atoms with E-state index in [9.17, 15) is 14.4 Å². The molecule has 0 aliphatic carbocycles. The van der Waals surface area contributed by atoms with Crippen LogP contribution >= 0.6 is 0 Å². The molecule has 9 nitrogen and oxygen atoms in total. The lowest BCUT2D eigenvalue weighted by molar-refractivity contribution is -0.136. The van der Waals surface area contributed by atoms with Gasteiger partial charge in [0, 0.05) is 38.4 Å². The van der Waals surface area contributed by atoms with Crippen LogP contribution in [0.25, 0.3) is 0 Å². The van der Waals surface area contributed by atoms with Gasteiger partial charge < -0.3 is 24.7 Å². The topological polar surface area (TPSA) is 104 Å². The van der Waals surface area contributed by atoms with Crippen molar-refractivity contribution < 1.29 is 23.5 Å². The first-order chi connectivity index (χ1) is 15.5. The number of benzene rings is 1. The molecule has 3 heterocycles. The van der Waals surface area contributed by atoms with Crippen molar-refractivity contribution in [3.05, 3.63) is 70.8 Å².